The van der Waals surface area contributed by atoms with Crippen LogP contribution in [0.25, 0.3) is 0 Å². The van der Waals surface area contributed by atoms with Gasteiger partial charge in [0.25, 0.3) is 0 Å². The number of fused-ring (bicyclic) bond motifs is 3. The molecule has 3 aliphatic rings. The number of ketones is 3. The third-order valence-electron chi connectivity index (χ3n) is 7.68. The van der Waals surface area contributed by atoms with Crippen LogP contribution >= 0.6 is 0 Å². The van der Waals surface area contributed by atoms with Crippen molar-refractivity contribution >= 4 is 17.3 Å². The lowest BCUT2D eigenvalue weighted by atomic mass is 9.72. The summed E-state index contributed by atoms with van der Waals surface area (Å²) in [6.45, 7) is 0.185. The molecule has 5 rings (SSSR count). The minimum atomic E-state index is -1.91. The molecule has 10 nitrogen and oxygen atoms in total. The fourth-order valence-corrected chi connectivity index (χ4v) is 5.59. The largest absolute Gasteiger partial charge is 0.507 e. The summed E-state index contributed by atoms with van der Waals surface area (Å²) >= 11 is 0. The molecule has 6 unspecified atom stereocenters. The van der Waals surface area contributed by atoms with Crippen LogP contribution in [0.5, 0.6) is 11.5 Å². The number of rotatable bonds is 5. The normalized spacial score (nSPS) is 30.3. The molecule has 38 heavy (non-hydrogen) atoms. The van der Waals surface area contributed by atoms with Crippen molar-refractivity contribution in [1.29, 1.82) is 0 Å². The zero-order valence-electron chi connectivity index (χ0n) is 20.8. The molecule has 5 N–H and O–H groups in total. The molecule has 1 saturated heterocycles. The van der Waals surface area contributed by atoms with Crippen molar-refractivity contribution < 1.29 is 48.3 Å². The first-order chi connectivity index (χ1) is 18.0. The number of halogens is 1. The number of benzene rings is 2. The number of nitrogens with two attached hydrogens (primary N) is 1. The molecule has 2 aromatic carbocycles. The molecule has 0 bridgehead atoms. The van der Waals surface area contributed by atoms with Crippen LogP contribution in [-0.2, 0) is 20.7 Å². The topological polar surface area (TPSA) is 166 Å². The number of phenols is 1. The second-order valence-corrected chi connectivity index (χ2v) is 10.0. The second-order valence-electron chi connectivity index (χ2n) is 10.0. The minimum absolute atomic E-state index is 0.0117. The first-order valence-electron chi connectivity index (χ1n) is 12.2. The Balaban J connectivity index is 1.63. The Morgan fingerprint density at radius 2 is 1.97 bits per heavy atom. The molecule has 1 aliphatic heterocycles. The van der Waals surface area contributed by atoms with E-state index in [1.54, 1.807) is 6.07 Å². The van der Waals surface area contributed by atoms with Gasteiger partial charge in [0.2, 0.25) is 5.78 Å². The summed E-state index contributed by atoms with van der Waals surface area (Å²) in [5.74, 6) is -2.07. The predicted molar refractivity (Wildman–Crippen MR) is 129 cm³/mol. The van der Waals surface area contributed by atoms with Gasteiger partial charge in [-0.1, -0.05) is 12.1 Å². The summed E-state index contributed by atoms with van der Waals surface area (Å²) in [5, 5.41) is 32.7. The van der Waals surface area contributed by atoms with E-state index in [1.165, 1.54) is 32.2 Å². The Bertz CT molecular complexity index is 1340. The molecular formula is C27H28FNO9. The van der Waals surface area contributed by atoms with Crippen LogP contribution in [-0.4, -0.2) is 76.6 Å². The Kier molecular flexibility index (Phi) is 6.60. The van der Waals surface area contributed by atoms with E-state index in [0.717, 1.165) is 0 Å². The van der Waals surface area contributed by atoms with E-state index in [2.05, 4.69) is 0 Å². The lowest BCUT2D eigenvalue weighted by Crippen LogP contribution is -2.54. The van der Waals surface area contributed by atoms with Crippen LogP contribution in [0.2, 0.25) is 0 Å². The molecule has 0 radical (unpaired) electrons. The highest BCUT2D eigenvalue weighted by Crippen LogP contribution is 2.48. The second kappa shape index (κ2) is 9.51. The smallest absolute Gasteiger partial charge is 0.201 e. The Hall–Kier alpha value is -3.22. The molecule has 2 aromatic rings. The third kappa shape index (κ3) is 4.02. The molecule has 0 amide bonds. The first kappa shape index (κ1) is 26.4. The number of carbonyl (C=O) groups is 3. The van der Waals surface area contributed by atoms with Crippen molar-refractivity contribution in [3.63, 3.8) is 0 Å². The van der Waals surface area contributed by atoms with Crippen LogP contribution < -0.4 is 10.5 Å². The molecule has 202 valence electrons. The number of hydrogen-bond donors (Lipinski definition) is 4. The van der Waals surface area contributed by atoms with Gasteiger partial charge in [-0.2, -0.15) is 0 Å². The number of alkyl halides is 1. The molecule has 1 heterocycles. The summed E-state index contributed by atoms with van der Waals surface area (Å²) in [6, 6.07) is 5.10. The van der Waals surface area contributed by atoms with Crippen molar-refractivity contribution in [2.45, 2.75) is 62.4 Å². The van der Waals surface area contributed by atoms with Crippen LogP contribution in [0.1, 0.15) is 68.8 Å². The van der Waals surface area contributed by atoms with Crippen LogP contribution in [0.4, 0.5) is 4.39 Å². The number of carbonyl (C=O) groups excluding carboxylic acids is 3. The predicted octanol–water partition coefficient (Wildman–Crippen LogP) is 1.27. The van der Waals surface area contributed by atoms with Crippen LogP contribution in [0.15, 0.2) is 24.3 Å². The maximum atomic E-state index is 13.6. The molecule has 0 saturated carbocycles. The van der Waals surface area contributed by atoms with Crippen LogP contribution in [0, 0.1) is 0 Å². The lowest BCUT2D eigenvalue weighted by molar-refractivity contribution is -0.253. The summed E-state index contributed by atoms with van der Waals surface area (Å²) < 4.78 is 30.3. The number of Topliss-reactive ketones (excluding diaryl/α,β-unsaturated/α-hetero) is 1. The quantitative estimate of drug-likeness (QED) is 0.378. The average molecular weight is 530 g/mol. The van der Waals surface area contributed by atoms with Crippen molar-refractivity contribution in [3.05, 3.63) is 57.6 Å². The molecule has 1 fully saturated rings. The number of methoxy groups -OCH3 is 1. The maximum absolute atomic E-state index is 13.6. The van der Waals surface area contributed by atoms with Crippen molar-refractivity contribution in [2.75, 3.05) is 13.8 Å². The van der Waals surface area contributed by atoms with E-state index in [9.17, 15) is 34.1 Å². The summed E-state index contributed by atoms with van der Waals surface area (Å²) in [4.78, 5) is 39.5. The Morgan fingerprint density at radius 1 is 1.24 bits per heavy atom. The zero-order valence-corrected chi connectivity index (χ0v) is 20.8. The van der Waals surface area contributed by atoms with Gasteiger partial charge in [0.15, 0.2) is 17.9 Å². The third-order valence-corrected chi connectivity index (χ3v) is 7.68. The first-order valence-corrected chi connectivity index (χ1v) is 12.2. The molecule has 0 spiro atoms. The number of aliphatic hydroxyl groups excluding tert-OH is 1. The van der Waals surface area contributed by atoms with Crippen molar-refractivity contribution in [1.82, 2.24) is 0 Å². The fraction of sp³-hybridized carbons (Fsp3) is 0.444. The molecule has 6 atom stereocenters. The average Bonchev–Trinajstić information content (AvgIpc) is 2.88. The van der Waals surface area contributed by atoms with E-state index in [-0.39, 0.29) is 58.4 Å². The number of phenolic OH excluding ortho intramolecular Hbond substituents is 1. The monoisotopic (exact) mass is 529 g/mol. The van der Waals surface area contributed by atoms with Gasteiger partial charge in [0, 0.05) is 42.0 Å². The number of aromatic hydroxyl groups is 1. The summed E-state index contributed by atoms with van der Waals surface area (Å²) in [7, 11) is 1.36. The SMILES string of the molecule is COc1cccc2c1C(=O)c1c(cc3c(c1O)C(OC1CC(N)C(O)C(CF)O1)CC(O)(C(C)=O)C3)C2=O. The van der Waals surface area contributed by atoms with E-state index in [4.69, 9.17) is 19.9 Å². The molecule has 0 aromatic heterocycles. The van der Waals surface area contributed by atoms with E-state index < -0.39 is 66.0 Å². The minimum Gasteiger partial charge on any atom is -0.507 e. The number of aliphatic hydroxyl groups is 2. The van der Waals surface area contributed by atoms with Gasteiger partial charge in [0.05, 0.1) is 30.4 Å². The van der Waals surface area contributed by atoms with Crippen LogP contribution in [0.3, 0.4) is 0 Å². The highest BCUT2D eigenvalue weighted by atomic mass is 19.1. The molecular weight excluding hydrogens is 501 g/mol. The Morgan fingerprint density at radius 3 is 2.63 bits per heavy atom. The van der Waals surface area contributed by atoms with Crippen molar-refractivity contribution in [3.8, 4) is 11.5 Å². The van der Waals surface area contributed by atoms with Gasteiger partial charge in [0.1, 0.15) is 29.9 Å². The van der Waals surface area contributed by atoms with Gasteiger partial charge < -0.3 is 35.3 Å². The standard InChI is InChI=1S/C27H28FNO9/c1-11(30)27(35)8-12-6-14-22(26(34)21-13(23(14)31)4-3-5-16(21)36-2)25(33)20(12)17(9-27)37-19-7-15(29)24(32)18(10-28)38-19/h3-6,15,17-19,24,32-33,35H,7-10,29H2,1-2H3. The van der Waals surface area contributed by atoms with Gasteiger partial charge >= 0.3 is 0 Å². The fourth-order valence-electron chi connectivity index (χ4n) is 5.59. The summed E-state index contributed by atoms with van der Waals surface area (Å²) in [5.41, 5.74) is 4.18. The number of hydrogen-bond acceptors (Lipinski definition) is 10. The van der Waals surface area contributed by atoms with Gasteiger partial charge in [-0.25, -0.2) is 4.39 Å². The van der Waals surface area contributed by atoms with Gasteiger partial charge in [-0.15, -0.1) is 0 Å². The van der Waals surface area contributed by atoms with Gasteiger partial charge in [-0.05, 0) is 24.6 Å². The summed E-state index contributed by atoms with van der Waals surface area (Å²) in [6.07, 6.45) is -5.41. The van der Waals surface area contributed by atoms with E-state index in [0.29, 0.717) is 0 Å². The highest BCUT2D eigenvalue weighted by Gasteiger charge is 2.47. The molecule has 11 heteroatoms. The zero-order chi connectivity index (χ0) is 27.5. The molecule has 2 aliphatic carbocycles. The Labute approximate surface area is 217 Å². The highest BCUT2D eigenvalue weighted by molar-refractivity contribution is 6.30. The number of ether oxygens (including phenoxy) is 3. The van der Waals surface area contributed by atoms with E-state index >= 15 is 0 Å². The van der Waals surface area contributed by atoms with Gasteiger partial charge in [-0.3, -0.25) is 14.4 Å². The lowest BCUT2D eigenvalue weighted by Gasteiger charge is -2.42. The maximum Gasteiger partial charge on any atom is 0.201 e. The van der Waals surface area contributed by atoms with Crippen molar-refractivity contribution in [2.24, 2.45) is 5.73 Å². The van der Waals surface area contributed by atoms with E-state index in [1.807, 2.05) is 0 Å².